The van der Waals surface area contributed by atoms with E-state index in [-0.39, 0.29) is 17.2 Å². The summed E-state index contributed by atoms with van der Waals surface area (Å²) >= 11 is 0. The Balaban J connectivity index is 1.48. The zero-order valence-electron chi connectivity index (χ0n) is 20.6. The van der Waals surface area contributed by atoms with Crippen molar-refractivity contribution in [2.75, 3.05) is 33.2 Å². The second kappa shape index (κ2) is 10.9. The van der Waals surface area contributed by atoms with Gasteiger partial charge in [0.1, 0.15) is 6.04 Å². The summed E-state index contributed by atoms with van der Waals surface area (Å²) in [4.78, 5) is 29.9. The van der Waals surface area contributed by atoms with Gasteiger partial charge in [0, 0.05) is 44.8 Å². The molecular formula is C27H38N4O2. The Labute approximate surface area is 198 Å². The van der Waals surface area contributed by atoms with Gasteiger partial charge in [-0.15, -0.1) is 0 Å². The lowest BCUT2D eigenvalue weighted by molar-refractivity contribution is -0.122. The standard InChI is InChI=1S/C27H38N4O2/c1-20(29-26(33)23-9-11-24(12-10-23)27(2,3)4)25(32)28-18-21-7-6-8-22(17-21)19-31-15-13-30(5)14-16-31/h6-12,17,20H,13-16,18-19H2,1-5H3,(H,28,32)(H,29,33). The monoisotopic (exact) mass is 450 g/mol. The fourth-order valence-corrected chi connectivity index (χ4v) is 3.91. The van der Waals surface area contributed by atoms with Crippen LogP contribution in [0.3, 0.4) is 0 Å². The maximum Gasteiger partial charge on any atom is 0.251 e. The largest absolute Gasteiger partial charge is 0.350 e. The highest BCUT2D eigenvalue weighted by Crippen LogP contribution is 2.22. The molecule has 0 radical (unpaired) electrons. The molecule has 178 valence electrons. The number of piperazine rings is 1. The van der Waals surface area contributed by atoms with Crippen LogP contribution in [0.1, 0.15) is 54.7 Å². The fraction of sp³-hybridized carbons (Fsp3) is 0.481. The van der Waals surface area contributed by atoms with Crippen LogP contribution in [-0.4, -0.2) is 60.9 Å². The van der Waals surface area contributed by atoms with Gasteiger partial charge >= 0.3 is 0 Å². The topological polar surface area (TPSA) is 64.7 Å². The number of benzene rings is 2. The van der Waals surface area contributed by atoms with Gasteiger partial charge in [0.15, 0.2) is 0 Å². The number of rotatable bonds is 7. The van der Waals surface area contributed by atoms with E-state index in [2.05, 4.69) is 60.4 Å². The zero-order valence-corrected chi connectivity index (χ0v) is 20.6. The van der Waals surface area contributed by atoms with E-state index in [0.29, 0.717) is 12.1 Å². The van der Waals surface area contributed by atoms with E-state index in [4.69, 9.17) is 0 Å². The third kappa shape index (κ3) is 7.41. The Hall–Kier alpha value is -2.70. The quantitative estimate of drug-likeness (QED) is 0.680. The van der Waals surface area contributed by atoms with Crippen LogP contribution in [0.4, 0.5) is 0 Å². The Morgan fingerprint density at radius 3 is 2.24 bits per heavy atom. The number of hydrogen-bond donors (Lipinski definition) is 2. The maximum atomic E-state index is 12.6. The summed E-state index contributed by atoms with van der Waals surface area (Å²) in [6, 6.07) is 15.3. The average Bonchev–Trinajstić information content (AvgIpc) is 2.78. The van der Waals surface area contributed by atoms with Crippen LogP contribution in [0.25, 0.3) is 0 Å². The first-order valence-electron chi connectivity index (χ1n) is 11.8. The molecule has 0 bridgehead atoms. The van der Waals surface area contributed by atoms with Crippen molar-refractivity contribution in [3.05, 3.63) is 70.8 Å². The molecule has 33 heavy (non-hydrogen) atoms. The first-order valence-corrected chi connectivity index (χ1v) is 11.8. The number of carbonyl (C=O) groups is 2. The minimum atomic E-state index is -0.617. The molecule has 1 fully saturated rings. The molecule has 2 N–H and O–H groups in total. The van der Waals surface area contributed by atoms with Crippen LogP contribution in [0.2, 0.25) is 0 Å². The third-order valence-corrected chi connectivity index (χ3v) is 6.21. The summed E-state index contributed by atoms with van der Waals surface area (Å²) in [5.41, 5.74) is 4.07. The van der Waals surface area contributed by atoms with Crippen molar-refractivity contribution in [3.63, 3.8) is 0 Å². The molecule has 0 spiro atoms. The Bertz CT molecular complexity index is 941. The molecule has 1 saturated heterocycles. The van der Waals surface area contributed by atoms with E-state index in [1.54, 1.807) is 6.92 Å². The van der Waals surface area contributed by atoms with Crippen molar-refractivity contribution < 1.29 is 9.59 Å². The van der Waals surface area contributed by atoms with Crippen LogP contribution in [0.15, 0.2) is 48.5 Å². The molecule has 1 aliphatic heterocycles. The van der Waals surface area contributed by atoms with Crippen LogP contribution >= 0.6 is 0 Å². The highest BCUT2D eigenvalue weighted by Gasteiger charge is 2.18. The SMILES string of the molecule is CC(NC(=O)c1ccc(C(C)(C)C)cc1)C(=O)NCc1cccc(CN2CCN(C)CC2)c1. The van der Waals surface area contributed by atoms with Crippen LogP contribution in [0.5, 0.6) is 0 Å². The van der Waals surface area contributed by atoms with Gasteiger partial charge < -0.3 is 15.5 Å². The number of nitrogens with zero attached hydrogens (tertiary/aromatic N) is 2. The second-order valence-corrected chi connectivity index (χ2v) is 10.1. The van der Waals surface area contributed by atoms with Crippen molar-refractivity contribution in [1.29, 1.82) is 0 Å². The summed E-state index contributed by atoms with van der Waals surface area (Å²) < 4.78 is 0. The molecule has 6 heteroatoms. The molecule has 6 nitrogen and oxygen atoms in total. The second-order valence-electron chi connectivity index (χ2n) is 10.1. The summed E-state index contributed by atoms with van der Waals surface area (Å²) in [6.45, 7) is 13.8. The summed E-state index contributed by atoms with van der Waals surface area (Å²) in [5, 5.41) is 5.75. The van der Waals surface area contributed by atoms with Gasteiger partial charge in [0.2, 0.25) is 5.91 Å². The van der Waals surface area contributed by atoms with Crippen molar-refractivity contribution in [3.8, 4) is 0 Å². The summed E-state index contributed by atoms with van der Waals surface area (Å²) in [5.74, 6) is -0.439. The lowest BCUT2D eigenvalue weighted by atomic mass is 9.86. The Morgan fingerprint density at radius 2 is 1.61 bits per heavy atom. The molecule has 0 aliphatic carbocycles. The molecule has 1 atom stereocenters. The minimum absolute atomic E-state index is 0.0317. The molecule has 1 unspecified atom stereocenters. The van der Waals surface area contributed by atoms with Gasteiger partial charge in [-0.25, -0.2) is 0 Å². The van der Waals surface area contributed by atoms with Gasteiger partial charge in [-0.3, -0.25) is 14.5 Å². The predicted octanol–water partition coefficient (Wildman–Crippen LogP) is 3.17. The number of carbonyl (C=O) groups excluding carboxylic acids is 2. The molecular weight excluding hydrogens is 412 g/mol. The molecule has 1 heterocycles. The molecule has 1 aliphatic rings. The average molecular weight is 451 g/mol. The van der Waals surface area contributed by atoms with Crippen molar-refractivity contribution in [2.45, 2.75) is 52.2 Å². The molecule has 0 saturated carbocycles. The van der Waals surface area contributed by atoms with E-state index >= 15 is 0 Å². The van der Waals surface area contributed by atoms with Crippen molar-refractivity contribution in [2.24, 2.45) is 0 Å². The molecule has 2 aromatic carbocycles. The third-order valence-electron chi connectivity index (χ3n) is 6.21. The van der Waals surface area contributed by atoms with Crippen molar-refractivity contribution >= 4 is 11.8 Å². The van der Waals surface area contributed by atoms with Gasteiger partial charge in [-0.1, -0.05) is 57.2 Å². The maximum absolute atomic E-state index is 12.6. The van der Waals surface area contributed by atoms with Crippen LogP contribution in [-0.2, 0) is 23.3 Å². The zero-order chi connectivity index (χ0) is 24.0. The highest BCUT2D eigenvalue weighted by molar-refractivity contribution is 5.97. The van der Waals surface area contributed by atoms with E-state index in [9.17, 15) is 9.59 Å². The van der Waals surface area contributed by atoms with Gasteiger partial charge in [-0.2, -0.15) is 0 Å². The Kier molecular flexibility index (Phi) is 8.27. The first-order chi connectivity index (χ1) is 15.6. The Morgan fingerprint density at radius 1 is 0.970 bits per heavy atom. The summed E-state index contributed by atoms with van der Waals surface area (Å²) in [6.07, 6.45) is 0. The number of amides is 2. The molecule has 3 rings (SSSR count). The van der Waals surface area contributed by atoms with Gasteiger partial charge in [-0.05, 0) is 48.2 Å². The highest BCUT2D eigenvalue weighted by atomic mass is 16.2. The van der Waals surface area contributed by atoms with Crippen LogP contribution < -0.4 is 10.6 Å². The fourth-order valence-electron chi connectivity index (χ4n) is 3.91. The van der Waals surface area contributed by atoms with Gasteiger partial charge in [0.05, 0.1) is 0 Å². The van der Waals surface area contributed by atoms with E-state index < -0.39 is 6.04 Å². The molecule has 2 aromatic rings. The minimum Gasteiger partial charge on any atom is -0.350 e. The van der Waals surface area contributed by atoms with E-state index in [1.807, 2.05) is 36.4 Å². The normalized spacial score (nSPS) is 16.3. The lowest BCUT2D eigenvalue weighted by Crippen LogP contribution is -2.44. The van der Waals surface area contributed by atoms with E-state index in [1.165, 1.54) is 11.1 Å². The predicted molar refractivity (Wildman–Crippen MR) is 133 cm³/mol. The summed E-state index contributed by atoms with van der Waals surface area (Å²) in [7, 11) is 2.16. The van der Waals surface area contributed by atoms with Crippen molar-refractivity contribution in [1.82, 2.24) is 20.4 Å². The smallest absolute Gasteiger partial charge is 0.251 e. The number of likely N-dealkylation sites (N-methyl/N-ethyl adjacent to an activating group) is 1. The first kappa shape index (κ1) is 24.9. The number of hydrogen-bond acceptors (Lipinski definition) is 4. The number of nitrogens with one attached hydrogen (secondary N) is 2. The molecule has 2 amide bonds. The lowest BCUT2D eigenvalue weighted by Gasteiger charge is -2.32. The van der Waals surface area contributed by atoms with E-state index in [0.717, 1.165) is 38.3 Å². The van der Waals surface area contributed by atoms with Crippen LogP contribution in [0, 0.1) is 0 Å². The van der Waals surface area contributed by atoms with Gasteiger partial charge in [0.25, 0.3) is 5.91 Å². The molecule has 0 aromatic heterocycles.